The third-order valence-corrected chi connectivity index (χ3v) is 5.18. The molecule has 0 amide bonds. The van der Waals surface area contributed by atoms with Gasteiger partial charge in [-0.2, -0.15) is 0 Å². The summed E-state index contributed by atoms with van der Waals surface area (Å²) in [4.78, 5) is 4.99. The first-order chi connectivity index (χ1) is 10.2. The van der Waals surface area contributed by atoms with Crippen molar-refractivity contribution in [3.8, 4) is 0 Å². The Labute approximate surface area is 137 Å². The van der Waals surface area contributed by atoms with Crippen molar-refractivity contribution in [1.82, 2.24) is 10.3 Å². The van der Waals surface area contributed by atoms with Crippen LogP contribution in [0.3, 0.4) is 0 Å². The zero-order valence-electron chi connectivity index (χ0n) is 11.9. The molecule has 0 aliphatic heterocycles. The lowest BCUT2D eigenvalue weighted by atomic mass is 10.1. The summed E-state index contributed by atoms with van der Waals surface area (Å²) in [6.07, 6.45) is 3.93. The van der Waals surface area contributed by atoms with E-state index in [0.29, 0.717) is 5.56 Å². The number of rotatable bonds is 7. The van der Waals surface area contributed by atoms with Gasteiger partial charge in [0.1, 0.15) is 5.82 Å². The third-order valence-electron chi connectivity index (χ3n) is 3.06. The predicted molar refractivity (Wildman–Crippen MR) is 90.1 cm³/mol. The van der Waals surface area contributed by atoms with Crippen LogP contribution in [0.5, 0.6) is 0 Å². The van der Waals surface area contributed by atoms with Gasteiger partial charge in [0.05, 0.1) is 6.20 Å². The first kappa shape index (κ1) is 16.5. The molecule has 1 aromatic heterocycles. The molecular weight excluding hydrogens is 351 g/mol. The summed E-state index contributed by atoms with van der Waals surface area (Å²) in [5.41, 5.74) is 0.679. The van der Waals surface area contributed by atoms with Crippen LogP contribution in [-0.2, 0) is 0 Å². The fraction of sp³-hybridized carbons (Fsp3) is 0.312. The van der Waals surface area contributed by atoms with Gasteiger partial charge >= 0.3 is 0 Å². The van der Waals surface area contributed by atoms with Gasteiger partial charge in [0.2, 0.25) is 0 Å². The molecule has 2 nitrogen and oxygen atoms in total. The second kappa shape index (κ2) is 8.51. The molecule has 1 heterocycles. The zero-order valence-corrected chi connectivity index (χ0v) is 14.3. The van der Waals surface area contributed by atoms with E-state index < -0.39 is 0 Å². The SMILES string of the molecule is CCCNC(CSc1ccccc1Br)c1ccncc1F. The minimum atomic E-state index is -0.251. The van der Waals surface area contributed by atoms with E-state index in [1.165, 1.54) is 6.20 Å². The summed E-state index contributed by atoms with van der Waals surface area (Å²) in [5, 5.41) is 3.41. The second-order valence-electron chi connectivity index (χ2n) is 4.65. The monoisotopic (exact) mass is 368 g/mol. The molecule has 0 bridgehead atoms. The highest BCUT2D eigenvalue weighted by Gasteiger charge is 2.16. The molecular formula is C16H18BrFN2S. The zero-order chi connectivity index (χ0) is 15.1. The van der Waals surface area contributed by atoms with Gasteiger partial charge in [-0.3, -0.25) is 4.98 Å². The fourth-order valence-electron chi connectivity index (χ4n) is 1.98. The van der Waals surface area contributed by atoms with Gasteiger partial charge in [-0.05, 0) is 47.1 Å². The summed E-state index contributed by atoms with van der Waals surface area (Å²) in [6, 6.07) is 9.81. The summed E-state index contributed by atoms with van der Waals surface area (Å²) in [5.74, 6) is 0.516. The maximum Gasteiger partial charge on any atom is 0.146 e. The van der Waals surface area contributed by atoms with Crippen LogP contribution in [0.15, 0.2) is 52.1 Å². The van der Waals surface area contributed by atoms with E-state index in [-0.39, 0.29) is 11.9 Å². The van der Waals surface area contributed by atoms with Crippen molar-refractivity contribution in [1.29, 1.82) is 0 Å². The predicted octanol–water partition coefficient (Wildman–Crippen LogP) is 4.82. The Bertz CT molecular complexity index is 580. The maximum absolute atomic E-state index is 14.0. The lowest BCUT2D eigenvalue weighted by Crippen LogP contribution is -2.25. The number of halogens is 2. The maximum atomic E-state index is 14.0. The lowest BCUT2D eigenvalue weighted by molar-refractivity contribution is 0.529. The van der Waals surface area contributed by atoms with Crippen LogP contribution in [0.2, 0.25) is 0 Å². The Morgan fingerprint density at radius 2 is 2.14 bits per heavy atom. The van der Waals surface area contributed by atoms with Gasteiger partial charge in [-0.15, -0.1) is 11.8 Å². The molecule has 0 radical (unpaired) electrons. The smallest absolute Gasteiger partial charge is 0.146 e. The number of benzene rings is 1. The van der Waals surface area contributed by atoms with Crippen molar-refractivity contribution < 1.29 is 4.39 Å². The minimum Gasteiger partial charge on any atom is -0.309 e. The van der Waals surface area contributed by atoms with E-state index in [4.69, 9.17) is 0 Å². The summed E-state index contributed by atoms with van der Waals surface area (Å²) in [6.45, 7) is 2.97. The normalized spacial score (nSPS) is 12.3. The Morgan fingerprint density at radius 1 is 1.33 bits per heavy atom. The summed E-state index contributed by atoms with van der Waals surface area (Å²) in [7, 11) is 0. The van der Waals surface area contributed by atoms with E-state index in [1.54, 1.807) is 24.0 Å². The molecule has 1 N–H and O–H groups in total. The van der Waals surface area contributed by atoms with Crippen LogP contribution in [0.25, 0.3) is 0 Å². The average molecular weight is 369 g/mol. The third kappa shape index (κ3) is 4.80. The highest BCUT2D eigenvalue weighted by atomic mass is 79.9. The standard InChI is InChI=1S/C16H18BrFN2S/c1-2-8-20-15(12-7-9-19-10-14(12)18)11-21-16-6-4-3-5-13(16)17/h3-7,9-10,15,20H,2,8,11H2,1H3. The molecule has 0 aliphatic rings. The van der Waals surface area contributed by atoms with Crippen LogP contribution in [0.4, 0.5) is 4.39 Å². The highest BCUT2D eigenvalue weighted by Crippen LogP contribution is 2.30. The number of hydrogen-bond acceptors (Lipinski definition) is 3. The van der Waals surface area contributed by atoms with Crippen molar-refractivity contribution in [2.24, 2.45) is 0 Å². The number of thioether (sulfide) groups is 1. The topological polar surface area (TPSA) is 24.9 Å². The van der Waals surface area contributed by atoms with Gasteiger partial charge in [0, 0.05) is 32.9 Å². The number of hydrogen-bond donors (Lipinski definition) is 1. The molecule has 0 spiro atoms. The fourth-order valence-corrected chi connectivity index (χ4v) is 3.63. The molecule has 0 aliphatic carbocycles. The van der Waals surface area contributed by atoms with Crippen LogP contribution in [0, 0.1) is 5.82 Å². The molecule has 0 saturated heterocycles. The first-order valence-corrected chi connectivity index (χ1v) is 8.70. The van der Waals surface area contributed by atoms with Crippen molar-refractivity contribution in [2.45, 2.75) is 24.3 Å². The quantitative estimate of drug-likeness (QED) is 0.709. The van der Waals surface area contributed by atoms with E-state index in [2.05, 4.69) is 39.2 Å². The van der Waals surface area contributed by atoms with Crippen LogP contribution < -0.4 is 5.32 Å². The van der Waals surface area contributed by atoms with Crippen molar-refractivity contribution in [2.75, 3.05) is 12.3 Å². The Balaban J connectivity index is 2.10. The number of pyridine rings is 1. The van der Waals surface area contributed by atoms with E-state index in [1.807, 2.05) is 18.2 Å². The lowest BCUT2D eigenvalue weighted by Gasteiger charge is -2.19. The van der Waals surface area contributed by atoms with Crippen molar-refractivity contribution >= 4 is 27.7 Å². The van der Waals surface area contributed by atoms with Crippen LogP contribution >= 0.6 is 27.7 Å². The number of nitrogens with one attached hydrogen (secondary N) is 1. The van der Waals surface area contributed by atoms with Crippen molar-refractivity contribution in [3.05, 3.63) is 58.6 Å². The Morgan fingerprint density at radius 3 is 2.86 bits per heavy atom. The Kier molecular flexibility index (Phi) is 6.67. The minimum absolute atomic E-state index is 0.0231. The van der Waals surface area contributed by atoms with Gasteiger partial charge in [-0.1, -0.05) is 19.1 Å². The molecule has 2 rings (SSSR count). The van der Waals surface area contributed by atoms with Gasteiger partial charge in [-0.25, -0.2) is 4.39 Å². The molecule has 0 saturated carbocycles. The second-order valence-corrected chi connectivity index (χ2v) is 6.56. The van der Waals surface area contributed by atoms with Gasteiger partial charge in [0.25, 0.3) is 0 Å². The molecule has 1 aromatic carbocycles. The largest absolute Gasteiger partial charge is 0.309 e. The number of nitrogens with zero attached hydrogens (tertiary/aromatic N) is 1. The summed E-state index contributed by atoms with van der Waals surface area (Å²) >= 11 is 5.26. The molecule has 1 atom stereocenters. The first-order valence-electron chi connectivity index (χ1n) is 6.92. The van der Waals surface area contributed by atoms with E-state index >= 15 is 0 Å². The van der Waals surface area contributed by atoms with Crippen LogP contribution in [-0.4, -0.2) is 17.3 Å². The molecule has 112 valence electrons. The highest BCUT2D eigenvalue weighted by molar-refractivity contribution is 9.10. The molecule has 5 heteroatoms. The molecule has 2 aromatic rings. The Hall–Kier alpha value is -0.910. The van der Waals surface area contributed by atoms with Gasteiger partial charge < -0.3 is 5.32 Å². The molecule has 0 fully saturated rings. The molecule has 21 heavy (non-hydrogen) atoms. The van der Waals surface area contributed by atoms with Crippen molar-refractivity contribution in [3.63, 3.8) is 0 Å². The van der Waals surface area contributed by atoms with E-state index in [9.17, 15) is 4.39 Å². The van der Waals surface area contributed by atoms with Gasteiger partial charge in [0.15, 0.2) is 0 Å². The number of aromatic nitrogens is 1. The van der Waals surface area contributed by atoms with Crippen LogP contribution in [0.1, 0.15) is 24.9 Å². The molecule has 1 unspecified atom stereocenters. The summed E-state index contributed by atoms with van der Waals surface area (Å²) < 4.78 is 15.0. The average Bonchev–Trinajstić information content (AvgIpc) is 2.50. The van der Waals surface area contributed by atoms with E-state index in [0.717, 1.165) is 28.1 Å².